The highest BCUT2D eigenvalue weighted by Crippen LogP contribution is 2.53. The minimum atomic E-state index is -3.68. The number of thiophene rings is 1. The number of aromatic nitrogens is 1. The number of morpholine rings is 1. The summed E-state index contributed by atoms with van der Waals surface area (Å²) in [6, 6.07) is 15.6. The highest BCUT2D eigenvalue weighted by molar-refractivity contribution is 7.89. The molecule has 0 bridgehead atoms. The van der Waals surface area contributed by atoms with Gasteiger partial charge in [0.05, 0.1) is 28.7 Å². The van der Waals surface area contributed by atoms with Gasteiger partial charge in [0.1, 0.15) is 5.82 Å². The molecule has 2 aromatic carbocycles. The number of anilines is 2. The molecule has 11 heteroatoms. The molecule has 1 saturated carbocycles. The topological polar surface area (TPSA) is 83.1 Å². The van der Waals surface area contributed by atoms with Gasteiger partial charge in [-0.15, -0.1) is 11.3 Å². The van der Waals surface area contributed by atoms with Crippen molar-refractivity contribution in [1.82, 2.24) is 9.29 Å². The summed E-state index contributed by atoms with van der Waals surface area (Å²) in [5.74, 6) is -0.0941. The number of ether oxygens (including phenoxy) is 1. The van der Waals surface area contributed by atoms with Crippen molar-refractivity contribution in [2.45, 2.75) is 4.90 Å². The van der Waals surface area contributed by atoms with Gasteiger partial charge < -0.3 is 14.5 Å². The predicted molar refractivity (Wildman–Crippen MR) is 156 cm³/mol. The van der Waals surface area contributed by atoms with E-state index in [4.69, 9.17) is 4.74 Å². The first-order valence-corrected chi connectivity index (χ1v) is 16.0. The molecule has 7 rings (SSSR count). The average Bonchev–Trinajstić information content (AvgIpc) is 3.38. The number of piperidine rings is 1. The molecule has 0 radical (unpaired) electrons. The van der Waals surface area contributed by atoms with Crippen molar-refractivity contribution in [3.8, 4) is 0 Å². The number of fused-ring (bicyclic) bond motifs is 2. The summed E-state index contributed by atoms with van der Waals surface area (Å²) < 4.78 is 49.5. The molecule has 2 aliphatic heterocycles. The lowest BCUT2D eigenvalue weighted by molar-refractivity contribution is 0.0988. The van der Waals surface area contributed by atoms with Gasteiger partial charge in [0.2, 0.25) is 10.0 Å². The normalized spacial score (nSPS) is 22.6. The van der Waals surface area contributed by atoms with Crippen LogP contribution in [0.15, 0.2) is 77.3 Å². The van der Waals surface area contributed by atoms with E-state index in [1.165, 1.54) is 17.4 Å². The summed E-state index contributed by atoms with van der Waals surface area (Å²) in [5, 5.41) is 3.30. The zero-order valence-electron chi connectivity index (χ0n) is 22.2. The third-order valence-electron chi connectivity index (χ3n) is 8.56. The zero-order valence-corrected chi connectivity index (χ0v) is 23.9. The summed E-state index contributed by atoms with van der Waals surface area (Å²) in [6.45, 7) is 3.58. The van der Waals surface area contributed by atoms with E-state index in [2.05, 4.69) is 4.98 Å². The van der Waals surface area contributed by atoms with Gasteiger partial charge in [-0.2, -0.15) is 4.31 Å². The van der Waals surface area contributed by atoms with E-state index in [0.29, 0.717) is 72.5 Å². The Morgan fingerprint density at radius 1 is 1.07 bits per heavy atom. The van der Waals surface area contributed by atoms with Crippen LogP contribution in [0.3, 0.4) is 0 Å². The van der Waals surface area contributed by atoms with Crippen LogP contribution in [0.4, 0.5) is 15.8 Å². The van der Waals surface area contributed by atoms with Crippen LogP contribution in [0, 0.1) is 23.6 Å². The second kappa shape index (κ2) is 10.5. The van der Waals surface area contributed by atoms with Gasteiger partial charge in [0.25, 0.3) is 5.91 Å². The zero-order chi connectivity index (χ0) is 28.1. The van der Waals surface area contributed by atoms with Crippen LogP contribution < -0.4 is 9.80 Å². The fraction of sp³-hybridized carbons (Fsp3) is 0.333. The SMILES string of the molecule is O=C(c1cccs1)N(CC1C2CN(S(=O)(=O)c3cccc4cnccc34)CC12)c1ccc(N2CCOCC2)c(F)c1. The highest BCUT2D eigenvalue weighted by atomic mass is 32.2. The monoisotopic (exact) mass is 592 g/mol. The molecule has 212 valence electrons. The Hall–Kier alpha value is -3.38. The van der Waals surface area contributed by atoms with Crippen LogP contribution in [0.5, 0.6) is 0 Å². The van der Waals surface area contributed by atoms with Crippen LogP contribution >= 0.6 is 11.3 Å². The number of amides is 1. The first-order valence-electron chi connectivity index (χ1n) is 13.7. The van der Waals surface area contributed by atoms with E-state index in [9.17, 15) is 13.2 Å². The Morgan fingerprint density at radius 2 is 1.88 bits per heavy atom. The van der Waals surface area contributed by atoms with Crippen molar-refractivity contribution in [2.75, 3.05) is 55.7 Å². The smallest absolute Gasteiger partial charge is 0.268 e. The van der Waals surface area contributed by atoms with Gasteiger partial charge in [-0.05, 0) is 59.5 Å². The number of halogens is 1. The van der Waals surface area contributed by atoms with E-state index in [-0.39, 0.29) is 29.5 Å². The quantitative estimate of drug-likeness (QED) is 0.315. The first-order chi connectivity index (χ1) is 19.9. The third-order valence-corrected chi connectivity index (χ3v) is 11.3. The minimum absolute atomic E-state index is 0.143. The summed E-state index contributed by atoms with van der Waals surface area (Å²) in [7, 11) is -3.68. The number of nitrogens with zero attached hydrogens (tertiary/aromatic N) is 4. The Balaban J connectivity index is 1.10. The van der Waals surface area contributed by atoms with E-state index in [1.807, 2.05) is 28.5 Å². The average molecular weight is 593 g/mol. The molecule has 4 aromatic rings. The minimum Gasteiger partial charge on any atom is -0.378 e. The van der Waals surface area contributed by atoms with Crippen molar-refractivity contribution in [2.24, 2.45) is 17.8 Å². The molecule has 1 aliphatic carbocycles. The van der Waals surface area contributed by atoms with Gasteiger partial charge in [-0.3, -0.25) is 9.78 Å². The Labute approximate surface area is 242 Å². The van der Waals surface area contributed by atoms with Gasteiger partial charge in [0.15, 0.2) is 0 Å². The Kier molecular flexibility index (Phi) is 6.77. The molecule has 2 unspecified atom stereocenters. The van der Waals surface area contributed by atoms with E-state index < -0.39 is 10.0 Å². The Morgan fingerprint density at radius 3 is 2.61 bits per heavy atom. The van der Waals surface area contributed by atoms with Gasteiger partial charge >= 0.3 is 0 Å². The molecular formula is C30H29FN4O4S2. The molecule has 2 saturated heterocycles. The molecule has 0 spiro atoms. The van der Waals surface area contributed by atoms with Crippen molar-refractivity contribution in [3.63, 3.8) is 0 Å². The van der Waals surface area contributed by atoms with E-state index >= 15 is 4.39 Å². The molecule has 41 heavy (non-hydrogen) atoms. The largest absolute Gasteiger partial charge is 0.378 e. The molecule has 3 aliphatic rings. The van der Waals surface area contributed by atoms with E-state index in [1.54, 1.807) is 51.9 Å². The summed E-state index contributed by atoms with van der Waals surface area (Å²) in [4.78, 5) is 22.2. The molecule has 0 N–H and O–H groups in total. The molecule has 4 heterocycles. The number of benzene rings is 2. The van der Waals surface area contributed by atoms with E-state index in [0.717, 1.165) is 5.39 Å². The van der Waals surface area contributed by atoms with Gasteiger partial charge in [0, 0.05) is 61.6 Å². The van der Waals surface area contributed by atoms with Crippen molar-refractivity contribution in [1.29, 1.82) is 0 Å². The summed E-state index contributed by atoms with van der Waals surface area (Å²) >= 11 is 1.36. The number of sulfonamides is 1. The second-order valence-corrected chi connectivity index (χ2v) is 13.6. The highest BCUT2D eigenvalue weighted by Gasteiger charge is 2.58. The standard InChI is InChI=1S/C30H29FN4O4S2/c31-26-15-21(6-7-27(26)33-10-12-39-13-11-33)35(30(36)28-4-2-14-40-28)19-25-23-17-34(18-24(23)25)41(37,38)29-5-1-3-20-16-32-9-8-22(20)29/h1-9,14-16,23-25H,10-13,17-19H2. The maximum Gasteiger partial charge on any atom is 0.268 e. The van der Waals surface area contributed by atoms with Crippen molar-refractivity contribution >= 4 is 49.4 Å². The summed E-state index contributed by atoms with van der Waals surface area (Å²) in [5.41, 5.74) is 1.02. The number of hydrogen-bond donors (Lipinski definition) is 0. The first kappa shape index (κ1) is 26.5. The van der Waals surface area contributed by atoms with Crippen LogP contribution in [-0.4, -0.2) is 69.6 Å². The lowest BCUT2D eigenvalue weighted by atomic mass is 10.2. The maximum absolute atomic E-state index is 15.3. The van der Waals surface area contributed by atoms with Crippen molar-refractivity contribution < 1.29 is 22.3 Å². The third kappa shape index (κ3) is 4.80. The number of rotatable bonds is 7. The molecule has 2 aromatic heterocycles. The van der Waals surface area contributed by atoms with Crippen LogP contribution in [0.1, 0.15) is 9.67 Å². The molecule has 2 atom stereocenters. The fourth-order valence-electron chi connectivity index (χ4n) is 6.31. The Bertz CT molecular complexity index is 1690. The number of carbonyl (C=O) groups excluding carboxylic acids is 1. The predicted octanol–water partition coefficient (Wildman–Crippen LogP) is 4.49. The molecule has 1 amide bonds. The van der Waals surface area contributed by atoms with Crippen LogP contribution in [-0.2, 0) is 14.8 Å². The second-order valence-electron chi connectivity index (χ2n) is 10.8. The molecule has 3 fully saturated rings. The maximum atomic E-state index is 15.3. The lowest BCUT2D eigenvalue weighted by Crippen LogP contribution is -2.37. The van der Waals surface area contributed by atoms with Gasteiger partial charge in [-0.25, -0.2) is 12.8 Å². The number of hydrogen-bond acceptors (Lipinski definition) is 7. The van der Waals surface area contributed by atoms with Crippen LogP contribution in [0.2, 0.25) is 0 Å². The number of carbonyl (C=O) groups is 1. The number of pyridine rings is 1. The lowest BCUT2D eigenvalue weighted by Gasteiger charge is -2.30. The molecular weight excluding hydrogens is 563 g/mol. The fourth-order valence-corrected chi connectivity index (χ4v) is 8.71. The van der Waals surface area contributed by atoms with Crippen LogP contribution in [0.25, 0.3) is 10.8 Å². The molecule has 8 nitrogen and oxygen atoms in total. The van der Waals surface area contributed by atoms with Gasteiger partial charge in [-0.1, -0.05) is 18.2 Å². The van der Waals surface area contributed by atoms with Crippen molar-refractivity contribution in [3.05, 3.63) is 83.1 Å². The summed E-state index contributed by atoms with van der Waals surface area (Å²) in [6.07, 6.45) is 3.27.